The zero-order valence-corrected chi connectivity index (χ0v) is 24.0. The van der Waals surface area contributed by atoms with Crippen molar-refractivity contribution in [3.8, 4) is 11.1 Å². The maximum absolute atomic E-state index is 13.3. The number of primary amides is 1. The topological polar surface area (TPSA) is 181 Å². The lowest BCUT2D eigenvalue weighted by atomic mass is 9.89. The molecule has 1 unspecified atom stereocenters. The number of nitrogens with zero attached hydrogens (tertiary/aromatic N) is 3. The monoisotopic (exact) mass is 611 g/mol. The molecule has 0 fully saturated rings. The Balaban J connectivity index is 1.71. The molecule has 1 amide bonds. The van der Waals surface area contributed by atoms with Gasteiger partial charge in [0.2, 0.25) is 15.9 Å². The minimum Gasteiger partial charge on any atom is -0.366 e. The van der Waals surface area contributed by atoms with Gasteiger partial charge in [-0.3, -0.25) is 14.7 Å². The van der Waals surface area contributed by atoms with Crippen molar-refractivity contribution in [2.45, 2.75) is 10.8 Å². The highest BCUT2D eigenvalue weighted by molar-refractivity contribution is 7.89. The van der Waals surface area contributed by atoms with Gasteiger partial charge in [0.15, 0.2) is 11.5 Å². The highest BCUT2D eigenvalue weighted by atomic mass is 35.5. The molecule has 2 heterocycles. The highest BCUT2D eigenvalue weighted by Gasteiger charge is 2.28. The molecule has 0 aliphatic heterocycles. The van der Waals surface area contributed by atoms with Gasteiger partial charge in [0.25, 0.3) is 5.56 Å². The fraction of sp³-hybridized carbons (Fsp3) is 0.111. The number of aromatic amines is 2. The number of hydrogen-bond acceptors (Lipinski definition) is 7. The average molecular weight is 612 g/mol. The molecule has 0 aliphatic rings. The first kappa shape index (κ1) is 28.3. The molecule has 2 aromatic heterocycles. The minimum atomic E-state index is -4.10. The Morgan fingerprint density at radius 2 is 1.66 bits per heavy atom. The summed E-state index contributed by atoms with van der Waals surface area (Å²) in [7, 11) is -0.601. The van der Waals surface area contributed by atoms with Crippen LogP contribution in [0.1, 0.15) is 33.2 Å². The zero-order valence-electron chi connectivity index (χ0n) is 21.6. The maximum atomic E-state index is 13.3. The Hall–Kier alpha value is -4.23. The van der Waals surface area contributed by atoms with E-state index in [1.807, 2.05) is 18.2 Å². The van der Waals surface area contributed by atoms with E-state index in [1.165, 1.54) is 12.1 Å². The fourth-order valence-corrected chi connectivity index (χ4v) is 5.98. The summed E-state index contributed by atoms with van der Waals surface area (Å²) in [6.45, 7) is 0. The molecule has 0 radical (unpaired) electrons. The lowest BCUT2D eigenvalue weighted by molar-refractivity contribution is 0.100. The van der Waals surface area contributed by atoms with Gasteiger partial charge in [0.05, 0.1) is 10.8 Å². The second-order valence-electron chi connectivity index (χ2n) is 9.46. The van der Waals surface area contributed by atoms with E-state index in [4.69, 9.17) is 34.1 Å². The predicted octanol–water partition coefficient (Wildman–Crippen LogP) is 3.61. The molecule has 0 saturated carbocycles. The SMILES string of the molecule is CN(C)c1n[nH]c2nc(C(c3ccc(-c4cccc(C(N)=O)c4)cc3)c3c(Cl)cc(S(N)(=O)=O)cc3Cl)[nH]c(=O)c12. The fourth-order valence-electron chi connectivity index (χ4n) is 4.58. The Morgan fingerprint density at radius 3 is 2.24 bits per heavy atom. The summed E-state index contributed by atoms with van der Waals surface area (Å²) in [6.07, 6.45) is 0. The molecule has 0 aliphatic carbocycles. The predicted molar refractivity (Wildman–Crippen MR) is 158 cm³/mol. The molecule has 5 aromatic rings. The van der Waals surface area contributed by atoms with Gasteiger partial charge >= 0.3 is 0 Å². The molecular weight excluding hydrogens is 589 g/mol. The third kappa shape index (κ3) is 5.42. The molecule has 14 heteroatoms. The van der Waals surface area contributed by atoms with Crippen molar-refractivity contribution in [2.75, 3.05) is 19.0 Å². The largest absolute Gasteiger partial charge is 0.366 e. The summed E-state index contributed by atoms with van der Waals surface area (Å²) < 4.78 is 24.0. The number of fused-ring (bicyclic) bond motifs is 1. The summed E-state index contributed by atoms with van der Waals surface area (Å²) in [6, 6.07) is 16.5. The lowest BCUT2D eigenvalue weighted by Crippen LogP contribution is -2.19. The van der Waals surface area contributed by atoms with Gasteiger partial charge in [-0.15, -0.1) is 0 Å². The number of benzene rings is 3. The second kappa shape index (κ2) is 10.6. The Labute approximate surface area is 244 Å². The number of sulfonamides is 1. The number of hydrogen-bond donors (Lipinski definition) is 4. The number of nitrogens with two attached hydrogens (primary N) is 2. The van der Waals surface area contributed by atoms with E-state index < -0.39 is 27.4 Å². The number of carbonyl (C=O) groups is 1. The van der Waals surface area contributed by atoms with Crippen LogP contribution in [-0.4, -0.2) is 48.6 Å². The van der Waals surface area contributed by atoms with E-state index in [0.29, 0.717) is 22.5 Å². The summed E-state index contributed by atoms with van der Waals surface area (Å²) in [5.74, 6) is -0.781. The quantitative estimate of drug-likeness (QED) is 0.217. The Morgan fingerprint density at radius 1 is 1.00 bits per heavy atom. The Kier molecular flexibility index (Phi) is 7.34. The summed E-state index contributed by atoms with van der Waals surface area (Å²) in [5, 5.41) is 12.6. The molecule has 1 atom stereocenters. The van der Waals surface area contributed by atoms with Crippen LogP contribution in [0.2, 0.25) is 10.0 Å². The molecule has 0 bridgehead atoms. The maximum Gasteiger partial charge on any atom is 0.264 e. The van der Waals surface area contributed by atoms with Crippen LogP contribution in [0.25, 0.3) is 22.2 Å². The van der Waals surface area contributed by atoms with E-state index in [1.54, 1.807) is 49.3 Å². The first-order chi connectivity index (χ1) is 19.3. The first-order valence-corrected chi connectivity index (χ1v) is 14.3. The number of rotatable bonds is 7. The number of H-pyrrole nitrogens is 2. The van der Waals surface area contributed by atoms with Gasteiger partial charge in [-0.2, -0.15) is 5.10 Å². The van der Waals surface area contributed by atoms with Crippen LogP contribution < -0.4 is 21.3 Å². The number of nitrogens with one attached hydrogen (secondary N) is 2. The second-order valence-corrected chi connectivity index (χ2v) is 11.8. The van der Waals surface area contributed by atoms with Crippen LogP contribution in [0.5, 0.6) is 0 Å². The van der Waals surface area contributed by atoms with Crippen LogP contribution in [-0.2, 0) is 10.0 Å². The number of anilines is 1. The van der Waals surface area contributed by atoms with Crippen LogP contribution in [0.3, 0.4) is 0 Å². The van der Waals surface area contributed by atoms with Crippen molar-refractivity contribution in [3.05, 3.63) is 104 Å². The van der Waals surface area contributed by atoms with Crippen molar-refractivity contribution in [3.63, 3.8) is 0 Å². The molecule has 0 spiro atoms. The summed E-state index contributed by atoms with van der Waals surface area (Å²) in [5.41, 5.74) is 8.08. The summed E-state index contributed by atoms with van der Waals surface area (Å²) >= 11 is 13.2. The summed E-state index contributed by atoms with van der Waals surface area (Å²) in [4.78, 5) is 33.8. The van der Waals surface area contributed by atoms with Gasteiger partial charge in [-0.25, -0.2) is 18.5 Å². The molecule has 11 nitrogen and oxygen atoms in total. The highest BCUT2D eigenvalue weighted by Crippen LogP contribution is 2.41. The molecule has 5 rings (SSSR count). The van der Waals surface area contributed by atoms with E-state index in [2.05, 4.69) is 20.2 Å². The molecular formula is C27H23Cl2N7O4S. The van der Waals surface area contributed by atoms with Crippen molar-refractivity contribution in [1.82, 2.24) is 20.2 Å². The third-order valence-electron chi connectivity index (χ3n) is 6.52. The Bertz CT molecular complexity index is 1960. The number of primary sulfonamides is 1. The van der Waals surface area contributed by atoms with Crippen LogP contribution in [0.4, 0.5) is 5.82 Å². The number of halogens is 2. The molecule has 210 valence electrons. The van der Waals surface area contributed by atoms with Gasteiger partial charge in [-0.05, 0) is 41.0 Å². The van der Waals surface area contributed by atoms with Crippen molar-refractivity contribution < 1.29 is 13.2 Å². The molecule has 41 heavy (non-hydrogen) atoms. The van der Waals surface area contributed by atoms with Crippen molar-refractivity contribution in [1.29, 1.82) is 0 Å². The molecule has 3 aromatic carbocycles. The van der Waals surface area contributed by atoms with Gasteiger partial charge in [0, 0.05) is 35.3 Å². The molecule has 6 N–H and O–H groups in total. The number of aromatic nitrogens is 4. The average Bonchev–Trinajstić information content (AvgIpc) is 3.35. The first-order valence-electron chi connectivity index (χ1n) is 12.0. The van der Waals surface area contributed by atoms with Gasteiger partial charge in [0.1, 0.15) is 11.2 Å². The third-order valence-corrected chi connectivity index (χ3v) is 8.04. The smallest absolute Gasteiger partial charge is 0.264 e. The van der Waals surface area contributed by atoms with Crippen LogP contribution in [0, 0.1) is 0 Å². The number of amides is 1. The lowest BCUT2D eigenvalue weighted by Gasteiger charge is -2.21. The minimum absolute atomic E-state index is 0.00565. The van der Waals surface area contributed by atoms with Gasteiger partial charge in [-0.1, -0.05) is 59.6 Å². The van der Waals surface area contributed by atoms with Crippen molar-refractivity contribution in [2.24, 2.45) is 10.9 Å². The van der Waals surface area contributed by atoms with Crippen LogP contribution in [0.15, 0.2) is 70.4 Å². The van der Waals surface area contributed by atoms with Crippen molar-refractivity contribution >= 4 is 56.0 Å². The standard InChI is InChI=1S/C27H23Cl2N7O4S/c1-36(2)26-22-25(34-35-26)32-24(33-27(22)38)20(21-18(28)11-17(12-19(21)29)41(31,39)40)14-8-6-13(7-9-14)15-4-3-5-16(10-15)23(30)37/h3-12,20H,1-2H3,(H2,30,37)(H2,31,39,40)(H2,32,33,34,35,38). The molecule has 0 saturated heterocycles. The van der Waals surface area contributed by atoms with Gasteiger partial charge < -0.3 is 15.6 Å². The van der Waals surface area contributed by atoms with E-state index >= 15 is 0 Å². The van der Waals surface area contributed by atoms with E-state index in [9.17, 15) is 18.0 Å². The zero-order chi connectivity index (χ0) is 29.6. The van der Waals surface area contributed by atoms with E-state index in [0.717, 1.165) is 11.1 Å². The normalized spacial score (nSPS) is 12.4. The van der Waals surface area contributed by atoms with E-state index in [-0.39, 0.29) is 31.8 Å². The number of carbonyl (C=O) groups excluding carboxylic acids is 1. The van der Waals surface area contributed by atoms with Crippen LogP contribution >= 0.6 is 23.2 Å².